The van der Waals surface area contributed by atoms with Crippen molar-refractivity contribution in [2.24, 2.45) is 5.41 Å². The molecule has 10 heteroatoms. The van der Waals surface area contributed by atoms with Crippen LogP contribution in [-0.4, -0.2) is 74.3 Å². The summed E-state index contributed by atoms with van der Waals surface area (Å²) in [6, 6.07) is 9.12. The predicted octanol–water partition coefficient (Wildman–Crippen LogP) is 4.03. The van der Waals surface area contributed by atoms with Crippen LogP contribution in [0.1, 0.15) is 52.5 Å². The van der Waals surface area contributed by atoms with Gasteiger partial charge in [-0.25, -0.2) is 4.79 Å². The summed E-state index contributed by atoms with van der Waals surface area (Å²) in [6.45, 7) is 6.69. The third-order valence-corrected chi connectivity index (χ3v) is 8.47. The molecule has 0 radical (unpaired) electrons. The van der Waals surface area contributed by atoms with E-state index in [1.807, 2.05) is 18.2 Å². The molecule has 36 heavy (non-hydrogen) atoms. The third-order valence-electron chi connectivity index (χ3n) is 5.99. The van der Waals surface area contributed by atoms with Gasteiger partial charge in [0.1, 0.15) is 12.2 Å². The second kappa shape index (κ2) is 13.9. The number of ether oxygens (including phenoxy) is 3. The molecular formula is C26H40NO8P. The number of carbonyl (C=O) groups is 3. The lowest BCUT2D eigenvalue weighted by atomic mass is 9.98. The summed E-state index contributed by atoms with van der Waals surface area (Å²) in [5.74, 6) is -1.64. The summed E-state index contributed by atoms with van der Waals surface area (Å²) < 4.78 is 34.6. The van der Waals surface area contributed by atoms with Gasteiger partial charge in [0.2, 0.25) is 20.1 Å². The number of methoxy groups -OCH3 is 1. The van der Waals surface area contributed by atoms with Crippen LogP contribution in [0.25, 0.3) is 0 Å². The second-order valence-corrected chi connectivity index (χ2v) is 12.6. The monoisotopic (exact) mass is 525 g/mol. The van der Waals surface area contributed by atoms with Crippen molar-refractivity contribution in [3.63, 3.8) is 0 Å². The number of rotatable bonds is 13. The topological polar surface area (TPSA) is 108 Å². The number of hydrogen-bond acceptors (Lipinski definition) is 8. The molecule has 0 bridgehead atoms. The Morgan fingerprint density at radius 3 is 2.39 bits per heavy atom. The third kappa shape index (κ3) is 9.34. The van der Waals surface area contributed by atoms with Crippen molar-refractivity contribution < 1.29 is 37.7 Å². The minimum absolute atomic E-state index is 0.178. The van der Waals surface area contributed by atoms with Crippen molar-refractivity contribution in [2.75, 3.05) is 39.4 Å². The van der Waals surface area contributed by atoms with Gasteiger partial charge in [0.05, 0.1) is 18.1 Å². The van der Waals surface area contributed by atoms with Gasteiger partial charge >= 0.3 is 11.9 Å². The largest absolute Gasteiger partial charge is 0.427 e. The number of amides is 1. The molecule has 2 rings (SSSR count). The Morgan fingerprint density at radius 2 is 1.78 bits per heavy atom. The number of benzene rings is 1. The molecular weight excluding hydrogens is 485 g/mol. The number of hydrogen-bond donors (Lipinski definition) is 0. The fraction of sp³-hybridized carbons (Fsp3) is 0.654. The zero-order chi connectivity index (χ0) is 26.8. The Hall–Kier alpha value is -2.22. The minimum Gasteiger partial charge on any atom is -0.427 e. The summed E-state index contributed by atoms with van der Waals surface area (Å²) >= 11 is 0. The fourth-order valence-electron chi connectivity index (χ4n) is 3.97. The highest BCUT2D eigenvalue weighted by Crippen LogP contribution is 2.48. The molecule has 1 fully saturated rings. The highest BCUT2D eigenvalue weighted by atomic mass is 31.2. The molecule has 1 heterocycles. The highest BCUT2D eigenvalue weighted by Gasteiger charge is 2.42. The van der Waals surface area contributed by atoms with E-state index in [1.165, 1.54) is 17.6 Å². The zero-order valence-electron chi connectivity index (χ0n) is 22.1. The zero-order valence-corrected chi connectivity index (χ0v) is 23.0. The van der Waals surface area contributed by atoms with Crippen molar-refractivity contribution in [1.82, 2.24) is 4.90 Å². The lowest BCUT2D eigenvalue weighted by Crippen LogP contribution is -2.43. The fourth-order valence-corrected chi connectivity index (χ4v) is 6.12. The van der Waals surface area contributed by atoms with Crippen molar-refractivity contribution in [2.45, 2.75) is 65.5 Å². The molecule has 1 aliphatic heterocycles. The molecule has 1 aliphatic rings. The van der Waals surface area contributed by atoms with Crippen LogP contribution in [-0.2, 0) is 44.1 Å². The van der Waals surface area contributed by atoms with E-state index >= 15 is 0 Å². The molecule has 1 aromatic rings. The molecule has 1 unspecified atom stereocenters. The number of unbranched alkanes of at least 4 members (excludes halogenated alkanes) is 1. The van der Waals surface area contributed by atoms with E-state index in [-0.39, 0.29) is 31.8 Å². The number of nitrogens with zero attached hydrogens (tertiary/aromatic N) is 1. The van der Waals surface area contributed by atoms with E-state index in [1.54, 1.807) is 27.7 Å². The van der Waals surface area contributed by atoms with E-state index in [9.17, 15) is 18.9 Å². The van der Waals surface area contributed by atoms with Crippen molar-refractivity contribution >= 4 is 25.2 Å². The Balaban J connectivity index is 1.96. The van der Waals surface area contributed by atoms with Crippen LogP contribution in [0.3, 0.4) is 0 Å². The molecule has 1 aromatic carbocycles. The molecule has 1 amide bonds. The van der Waals surface area contributed by atoms with Gasteiger partial charge in [-0.15, -0.1) is 0 Å². The number of likely N-dealkylation sites (tertiary alicyclic amines) is 1. The van der Waals surface area contributed by atoms with Crippen LogP contribution in [0.5, 0.6) is 0 Å². The first-order valence-corrected chi connectivity index (χ1v) is 14.4. The molecule has 1 saturated heterocycles. The van der Waals surface area contributed by atoms with Gasteiger partial charge in [-0.2, -0.15) is 0 Å². The van der Waals surface area contributed by atoms with Gasteiger partial charge < -0.3 is 23.6 Å². The SMILES string of the molecule is CCOP(=O)(CCCCc1ccccc1)CC(=O)N1C[C@H](OC)C[C@H]1C(=O)OCOC(=O)C(C)(C)C. The normalized spacial score (nSPS) is 19.5. The van der Waals surface area contributed by atoms with Gasteiger partial charge in [0.15, 0.2) is 0 Å². The van der Waals surface area contributed by atoms with E-state index in [0.717, 1.165) is 12.8 Å². The van der Waals surface area contributed by atoms with Crippen molar-refractivity contribution in [3.8, 4) is 0 Å². The van der Waals surface area contributed by atoms with Crippen molar-refractivity contribution in [1.29, 1.82) is 0 Å². The van der Waals surface area contributed by atoms with Crippen LogP contribution in [0, 0.1) is 5.41 Å². The molecule has 0 saturated carbocycles. The molecule has 0 N–H and O–H groups in total. The molecule has 3 atom stereocenters. The van der Waals surface area contributed by atoms with E-state index < -0.39 is 43.5 Å². The lowest BCUT2D eigenvalue weighted by molar-refractivity contribution is -0.176. The summed E-state index contributed by atoms with van der Waals surface area (Å²) in [5.41, 5.74) is 0.474. The maximum absolute atomic E-state index is 13.5. The van der Waals surface area contributed by atoms with E-state index in [0.29, 0.717) is 12.6 Å². The molecule has 0 aromatic heterocycles. The Labute approximate surface area is 214 Å². The van der Waals surface area contributed by atoms with E-state index in [2.05, 4.69) is 12.1 Å². The van der Waals surface area contributed by atoms with Gasteiger partial charge in [-0.3, -0.25) is 14.2 Å². The van der Waals surface area contributed by atoms with Gasteiger partial charge in [0, 0.05) is 26.2 Å². The first-order chi connectivity index (χ1) is 17.0. The summed E-state index contributed by atoms with van der Waals surface area (Å²) in [7, 11) is -1.74. The average Bonchev–Trinajstić information content (AvgIpc) is 3.27. The van der Waals surface area contributed by atoms with Gasteiger partial charge in [-0.05, 0) is 52.5 Å². The quantitative estimate of drug-likeness (QED) is 0.164. The van der Waals surface area contributed by atoms with Crippen LogP contribution in [0.15, 0.2) is 30.3 Å². The minimum atomic E-state index is -3.24. The number of esters is 2. The maximum atomic E-state index is 13.5. The first-order valence-electron chi connectivity index (χ1n) is 12.4. The van der Waals surface area contributed by atoms with Crippen LogP contribution < -0.4 is 0 Å². The first kappa shape index (κ1) is 30.0. The molecule has 0 aliphatic carbocycles. The highest BCUT2D eigenvalue weighted by molar-refractivity contribution is 7.59. The summed E-state index contributed by atoms with van der Waals surface area (Å²) in [5, 5.41) is 0. The number of carbonyl (C=O) groups excluding carboxylic acids is 3. The Morgan fingerprint density at radius 1 is 1.08 bits per heavy atom. The Kier molecular flexibility index (Phi) is 11.6. The van der Waals surface area contributed by atoms with Gasteiger partial charge in [-0.1, -0.05) is 30.3 Å². The summed E-state index contributed by atoms with van der Waals surface area (Å²) in [6.07, 6.45) is 2.23. The van der Waals surface area contributed by atoms with E-state index in [4.69, 9.17) is 18.7 Å². The summed E-state index contributed by atoms with van der Waals surface area (Å²) in [4.78, 5) is 39.2. The van der Waals surface area contributed by atoms with Crippen molar-refractivity contribution in [3.05, 3.63) is 35.9 Å². The van der Waals surface area contributed by atoms with Crippen LogP contribution in [0.2, 0.25) is 0 Å². The number of aryl methyl sites for hydroxylation is 1. The van der Waals surface area contributed by atoms with Crippen LogP contribution in [0.4, 0.5) is 0 Å². The molecule has 202 valence electrons. The second-order valence-electron chi connectivity index (χ2n) is 9.98. The maximum Gasteiger partial charge on any atom is 0.331 e. The van der Waals surface area contributed by atoms with Gasteiger partial charge in [0.25, 0.3) is 0 Å². The standard InChI is InChI=1S/C26H40NO8P/c1-6-35-36(31,15-11-10-14-20-12-8-7-9-13-20)18-23(28)27-17-21(32-5)16-22(27)24(29)33-19-34-25(30)26(2,3)4/h7-9,12-13,21-22H,6,10-11,14-19H2,1-5H3/t21-,22+,36?/m1/s1. The van der Waals surface area contributed by atoms with Crippen LogP contribution >= 0.6 is 7.37 Å². The lowest BCUT2D eigenvalue weighted by Gasteiger charge is -2.26. The molecule has 0 spiro atoms. The average molecular weight is 526 g/mol. The Bertz CT molecular complexity index is 914. The smallest absolute Gasteiger partial charge is 0.331 e. The molecule has 9 nitrogen and oxygen atoms in total. The predicted molar refractivity (Wildman–Crippen MR) is 136 cm³/mol.